The molecule has 0 fully saturated rings. The second kappa shape index (κ2) is 7.59. The molecule has 0 unspecified atom stereocenters. The maximum atomic E-state index is 13.0. The van der Waals surface area contributed by atoms with E-state index in [0.717, 1.165) is 26.5 Å². The number of carbonyl (C=O) groups excluding carboxylic acids is 1. The topological polar surface area (TPSA) is 73.2 Å². The van der Waals surface area contributed by atoms with Crippen molar-refractivity contribution in [2.45, 2.75) is 44.6 Å². The van der Waals surface area contributed by atoms with Crippen molar-refractivity contribution in [1.82, 2.24) is 9.55 Å². The number of carbonyl (C=O) groups is 1. The lowest BCUT2D eigenvalue weighted by Crippen LogP contribution is -2.32. The fraction of sp³-hybridized carbons (Fsp3) is 0.381. The third-order valence-corrected chi connectivity index (χ3v) is 7.15. The Morgan fingerprint density at radius 3 is 2.90 bits per heavy atom. The van der Waals surface area contributed by atoms with Gasteiger partial charge in [-0.3, -0.25) is 14.2 Å². The van der Waals surface area contributed by atoms with Crippen molar-refractivity contribution in [2.75, 3.05) is 11.1 Å². The number of thioether (sulfide) groups is 1. The molecule has 3 heterocycles. The zero-order valence-corrected chi connectivity index (χ0v) is 18.5. The fourth-order valence-corrected chi connectivity index (χ4v) is 5.33. The number of thiophene rings is 1. The lowest BCUT2D eigenvalue weighted by atomic mass is 9.94. The van der Waals surface area contributed by atoms with Gasteiger partial charge in [0.05, 0.1) is 23.3 Å². The highest BCUT2D eigenvalue weighted by molar-refractivity contribution is 7.99. The van der Waals surface area contributed by atoms with Crippen LogP contribution in [0, 0.1) is 6.92 Å². The number of para-hydroxylation sites is 1. The Hall–Kier alpha value is -2.16. The molecule has 0 bridgehead atoms. The lowest BCUT2D eigenvalue weighted by Gasteiger charge is -2.29. The van der Waals surface area contributed by atoms with Gasteiger partial charge in [0.2, 0.25) is 5.91 Å². The van der Waals surface area contributed by atoms with Gasteiger partial charge in [0.1, 0.15) is 4.83 Å². The number of ether oxygens (including phenoxy) is 1. The molecule has 0 saturated heterocycles. The minimum Gasteiger partial charge on any atom is -0.370 e. The molecule has 0 radical (unpaired) electrons. The van der Waals surface area contributed by atoms with Crippen LogP contribution in [0.1, 0.15) is 29.9 Å². The molecule has 152 valence electrons. The average molecular weight is 430 g/mol. The van der Waals surface area contributed by atoms with Crippen LogP contribution in [0.3, 0.4) is 0 Å². The summed E-state index contributed by atoms with van der Waals surface area (Å²) in [6.45, 7) is 6.53. The average Bonchev–Trinajstić information content (AvgIpc) is 3.01. The summed E-state index contributed by atoms with van der Waals surface area (Å²) >= 11 is 2.78. The van der Waals surface area contributed by atoms with Gasteiger partial charge < -0.3 is 10.1 Å². The summed E-state index contributed by atoms with van der Waals surface area (Å²) in [6.07, 6.45) is 0.699. The first-order valence-electron chi connectivity index (χ1n) is 9.39. The van der Waals surface area contributed by atoms with Gasteiger partial charge in [-0.15, -0.1) is 11.3 Å². The van der Waals surface area contributed by atoms with Crippen molar-refractivity contribution >= 4 is 44.9 Å². The predicted octanol–water partition coefficient (Wildman–Crippen LogP) is 3.89. The highest BCUT2D eigenvalue weighted by atomic mass is 32.2. The number of hydrogen-bond donors (Lipinski definition) is 1. The summed E-state index contributed by atoms with van der Waals surface area (Å²) in [5, 5.41) is 4.15. The van der Waals surface area contributed by atoms with Crippen LogP contribution in [0.25, 0.3) is 10.2 Å². The highest BCUT2D eigenvalue weighted by Crippen LogP contribution is 2.37. The van der Waals surface area contributed by atoms with E-state index in [-0.39, 0.29) is 22.8 Å². The molecule has 1 aliphatic heterocycles. The summed E-state index contributed by atoms with van der Waals surface area (Å²) in [6, 6.07) is 7.64. The van der Waals surface area contributed by atoms with E-state index in [0.29, 0.717) is 23.6 Å². The van der Waals surface area contributed by atoms with Gasteiger partial charge in [-0.05, 0) is 38.0 Å². The smallest absolute Gasteiger partial charge is 0.262 e. The van der Waals surface area contributed by atoms with Gasteiger partial charge >= 0.3 is 0 Å². The van der Waals surface area contributed by atoms with E-state index in [9.17, 15) is 9.59 Å². The molecular weight excluding hydrogens is 406 g/mol. The number of amides is 1. The van der Waals surface area contributed by atoms with E-state index < -0.39 is 0 Å². The number of nitrogens with zero attached hydrogens (tertiary/aromatic N) is 2. The normalized spacial score (nSPS) is 15.3. The fourth-order valence-electron chi connectivity index (χ4n) is 3.41. The monoisotopic (exact) mass is 429 g/mol. The molecule has 0 saturated carbocycles. The quantitative estimate of drug-likeness (QED) is 0.503. The molecule has 1 aliphatic rings. The standard InChI is InChI=1S/C21H23N3O3S2/c1-12-7-5-6-8-14(12)22-16(25)11-28-20-23-18-17(19(26)24(20)4)13-9-21(2,3)27-10-15(13)29-18/h5-8H,9-11H2,1-4H3,(H,22,25). The van der Waals surface area contributed by atoms with Crippen LogP contribution in [0.5, 0.6) is 0 Å². The maximum Gasteiger partial charge on any atom is 0.262 e. The largest absolute Gasteiger partial charge is 0.370 e. The number of benzene rings is 1. The molecule has 29 heavy (non-hydrogen) atoms. The number of anilines is 1. The molecule has 1 amide bonds. The van der Waals surface area contributed by atoms with Crippen LogP contribution >= 0.6 is 23.1 Å². The summed E-state index contributed by atoms with van der Waals surface area (Å²) in [5.41, 5.74) is 2.51. The number of nitrogens with one attached hydrogen (secondary N) is 1. The Morgan fingerprint density at radius 1 is 1.38 bits per heavy atom. The molecule has 6 nitrogen and oxygen atoms in total. The zero-order valence-electron chi connectivity index (χ0n) is 16.9. The Labute approximate surface area is 177 Å². The van der Waals surface area contributed by atoms with Crippen molar-refractivity contribution in [3.8, 4) is 0 Å². The molecule has 0 atom stereocenters. The molecule has 0 aliphatic carbocycles. The van der Waals surface area contributed by atoms with E-state index >= 15 is 0 Å². The second-order valence-electron chi connectivity index (χ2n) is 7.82. The minimum atomic E-state index is -0.285. The summed E-state index contributed by atoms with van der Waals surface area (Å²) in [4.78, 5) is 31.9. The summed E-state index contributed by atoms with van der Waals surface area (Å²) in [7, 11) is 1.71. The summed E-state index contributed by atoms with van der Waals surface area (Å²) in [5.74, 6) is 0.0562. The first-order valence-corrected chi connectivity index (χ1v) is 11.2. The molecular formula is C21H23N3O3S2. The Balaban J connectivity index is 1.57. The summed E-state index contributed by atoms with van der Waals surface area (Å²) < 4.78 is 7.43. The minimum absolute atomic E-state index is 0.0630. The lowest BCUT2D eigenvalue weighted by molar-refractivity contribution is -0.113. The maximum absolute atomic E-state index is 13.0. The number of rotatable bonds is 4. The van der Waals surface area contributed by atoms with Crippen molar-refractivity contribution in [3.63, 3.8) is 0 Å². The van der Waals surface area contributed by atoms with Crippen molar-refractivity contribution in [1.29, 1.82) is 0 Å². The van der Waals surface area contributed by atoms with Crippen molar-refractivity contribution in [2.24, 2.45) is 7.05 Å². The third kappa shape index (κ3) is 3.97. The van der Waals surface area contributed by atoms with Crippen LogP contribution < -0.4 is 10.9 Å². The molecule has 1 aromatic carbocycles. The third-order valence-electron chi connectivity index (χ3n) is 5.02. The molecule has 1 N–H and O–H groups in total. The molecule has 8 heteroatoms. The van der Waals surface area contributed by atoms with Gasteiger partial charge in [-0.2, -0.15) is 0 Å². The first kappa shape index (κ1) is 20.1. The van der Waals surface area contributed by atoms with Crippen LogP contribution in [0.15, 0.2) is 34.2 Å². The molecule has 4 rings (SSSR count). The Kier molecular flexibility index (Phi) is 5.27. The van der Waals surface area contributed by atoms with E-state index in [1.807, 2.05) is 45.0 Å². The predicted molar refractivity (Wildman–Crippen MR) is 118 cm³/mol. The van der Waals surface area contributed by atoms with Crippen LogP contribution in [-0.2, 0) is 29.6 Å². The number of aryl methyl sites for hydroxylation is 1. The zero-order chi connectivity index (χ0) is 20.8. The van der Waals surface area contributed by atoms with Crippen LogP contribution in [0.4, 0.5) is 5.69 Å². The van der Waals surface area contributed by atoms with E-state index in [2.05, 4.69) is 5.32 Å². The van der Waals surface area contributed by atoms with E-state index in [1.54, 1.807) is 11.6 Å². The van der Waals surface area contributed by atoms with Crippen LogP contribution in [0.2, 0.25) is 0 Å². The van der Waals surface area contributed by atoms with Gasteiger partial charge in [-0.25, -0.2) is 4.98 Å². The Morgan fingerprint density at radius 2 is 2.14 bits per heavy atom. The van der Waals surface area contributed by atoms with Gasteiger partial charge in [-0.1, -0.05) is 30.0 Å². The van der Waals surface area contributed by atoms with Crippen molar-refractivity contribution in [3.05, 3.63) is 50.6 Å². The SMILES string of the molecule is Cc1ccccc1NC(=O)CSc1nc2sc3c(c2c(=O)n1C)CC(C)(C)OC3. The highest BCUT2D eigenvalue weighted by Gasteiger charge is 2.31. The number of fused-ring (bicyclic) bond motifs is 3. The number of aromatic nitrogens is 2. The van der Waals surface area contributed by atoms with Gasteiger partial charge in [0, 0.05) is 24.0 Å². The van der Waals surface area contributed by atoms with E-state index in [1.165, 1.54) is 23.1 Å². The number of hydrogen-bond acceptors (Lipinski definition) is 6. The van der Waals surface area contributed by atoms with Gasteiger partial charge in [0.15, 0.2) is 5.16 Å². The van der Waals surface area contributed by atoms with E-state index in [4.69, 9.17) is 9.72 Å². The first-order chi connectivity index (χ1) is 13.7. The second-order valence-corrected chi connectivity index (χ2v) is 9.85. The molecule has 3 aromatic rings. The molecule has 2 aromatic heterocycles. The molecule has 0 spiro atoms. The van der Waals surface area contributed by atoms with Gasteiger partial charge in [0.25, 0.3) is 5.56 Å². The van der Waals surface area contributed by atoms with Crippen molar-refractivity contribution < 1.29 is 9.53 Å². The van der Waals surface area contributed by atoms with Crippen LogP contribution in [-0.4, -0.2) is 26.8 Å². The Bertz CT molecular complexity index is 1160.